The number of carbonyl (C=O) groups is 1. The first kappa shape index (κ1) is 20.7. The minimum atomic E-state index is -4.01. The summed E-state index contributed by atoms with van der Waals surface area (Å²) in [6.45, 7) is 5.67. The van der Waals surface area contributed by atoms with Crippen molar-refractivity contribution in [1.29, 1.82) is 5.26 Å². The van der Waals surface area contributed by atoms with E-state index < -0.39 is 15.6 Å². The number of anilines is 1. The number of benzene rings is 1. The fraction of sp³-hybridized carbons (Fsp3) is 0.500. The molecule has 1 aromatic carbocycles. The van der Waals surface area contributed by atoms with E-state index in [1.54, 1.807) is 12.1 Å². The molecule has 0 aromatic heterocycles. The van der Waals surface area contributed by atoms with E-state index in [9.17, 15) is 18.5 Å². The number of nitrogens with one attached hydrogen (secondary N) is 1. The van der Waals surface area contributed by atoms with Crippen LogP contribution in [0.2, 0.25) is 0 Å². The molecule has 8 nitrogen and oxygen atoms in total. The van der Waals surface area contributed by atoms with Crippen LogP contribution in [0.5, 0.6) is 5.75 Å². The number of nitrogens with zero attached hydrogens (tertiary/aromatic N) is 1. The first-order valence-electron chi connectivity index (χ1n) is 7.76. The van der Waals surface area contributed by atoms with Crippen molar-refractivity contribution < 1.29 is 22.7 Å². The molecular weight excluding hydrogens is 346 g/mol. The third kappa shape index (κ3) is 6.25. The lowest BCUT2D eigenvalue weighted by Crippen LogP contribution is -2.33. The summed E-state index contributed by atoms with van der Waals surface area (Å²) < 4.78 is 35.4. The fourth-order valence-electron chi connectivity index (χ4n) is 2.19. The van der Waals surface area contributed by atoms with Gasteiger partial charge in [0.1, 0.15) is 24.0 Å². The molecule has 3 N–H and O–H groups in total. The van der Waals surface area contributed by atoms with E-state index in [0.717, 1.165) is 0 Å². The lowest BCUT2D eigenvalue weighted by molar-refractivity contribution is -0.145. The zero-order chi connectivity index (χ0) is 19.1. The van der Waals surface area contributed by atoms with Crippen molar-refractivity contribution in [2.24, 2.45) is 10.6 Å². The number of nitrogens with two attached hydrogens (primary N) is 1. The van der Waals surface area contributed by atoms with E-state index in [2.05, 4.69) is 4.72 Å². The highest BCUT2D eigenvalue weighted by molar-refractivity contribution is 7.90. The first-order valence-corrected chi connectivity index (χ1v) is 9.31. The molecule has 9 heteroatoms. The number of rotatable bonds is 9. The van der Waals surface area contributed by atoms with Crippen molar-refractivity contribution in [3.63, 3.8) is 0 Å². The molecule has 0 heterocycles. The summed E-state index contributed by atoms with van der Waals surface area (Å²) >= 11 is 0. The molecule has 25 heavy (non-hydrogen) atoms. The maximum Gasteiger partial charge on any atom is 0.302 e. The molecule has 0 amide bonds. The number of ether oxygens (including phenoxy) is 2. The second-order valence-electron chi connectivity index (χ2n) is 5.71. The van der Waals surface area contributed by atoms with Gasteiger partial charge in [-0.05, 0) is 25.0 Å². The smallest absolute Gasteiger partial charge is 0.302 e. The topological polar surface area (TPSA) is 132 Å². The predicted molar refractivity (Wildman–Crippen MR) is 93.0 cm³/mol. The van der Waals surface area contributed by atoms with Gasteiger partial charge in [-0.25, -0.2) is 5.14 Å². The van der Waals surface area contributed by atoms with Crippen LogP contribution in [0.4, 0.5) is 5.69 Å². The summed E-state index contributed by atoms with van der Waals surface area (Å²) in [5.74, 6) is -0.145. The summed E-state index contributed by atoms with van der Waals surface area (Å²) in [6, 6.07) is 6.45. The van der Waals surface area contributed by atoms with E-state index in [1.165, 1.54) is 13.0 Å². The van der Waals surface area contributed by atoms with Crippen LogP contribution in [0, 0.1) is 16.7 Å². The molecule has 0 saturated heterocycles. The number of hydrogen-bond donors (Lipinski definition) is 2. The molecule has 0 unspecified atom stereocenters. The normalized spacial score (nSPS) is 11.5. The van der Waals surface area contributed by atoms with Gasteiger partial charge in [-0.3, -0.25) is 9.52 Å². The van der Waals surface area contributed by atoms with Crippen molar-refractivity contribution >= 4 is 21.9 Å². The van der Waals surface area contributed by atoms with Crippen LogP contribution in [0.3, 0.4) is 0 Å². The van der Waals surface area contributed by atoms with Gasteiger partial charge in [0.2, 0.25) is 0 Å². The second kappa shape index (κ2) is 8.69. The molecular formula is C16H23N3O5S. The molecule has 0 atom stereocenters. The summed E-state index contributed by atoms with van der Waals surface area (Å²) in [5, 5.41) is 14.3. The minimum absolute atomic E-state index is 0.0325. The number of hydrogen-bond acceptors (Lipinski definition) is 6. The van der Waals surface area contributed by atoms with Crippen molar-refractivity contribution in [2.45, 2.75) is 33.6 Å². The lowest BCUT2D eigenvalue weighted by Gasteiger charge is -2.31. The molecule has 0 saturated carbocycles. The van der Waals surface area contributed by atoms with E-state index in [1.807, 2.05) is 19.9 Å². The van der Waals surface area contributed by atoms with Crippen molar-refractivity contribution in [1.82, 2.24) is 0 Å². The van der Waals surface area contributed by atoms with Crippen LogP contribution >= 0.6 is 0 Å². The Morgan fingerprint density at radius 2 is 1.96 bits per heavy atom. The maximum absolute atomic E-state index is 11.2. The molecule has 0 fully saturated rings. The highest BCUT2D eigenvalue weighted by Gasteiger charge is 2.29. The minimum Gasteiger partial charge on any atom is -0.491 e. The summed E-state index contributed by atoms with van der Waals surface area (Å²) in [7, 11) is -4.01. The van der Waals surface area contributed by atoms with E-state index in [-0.39, 0.29) is 36.2 Å². The SMILES string of the molecule is CCC(CC)(COC(C)=O)COc1cccc(NS(N)(=O)=O)c1C#N. The Labute approximate surface area is 148 Å². The predicted octanol–water partition coefficient (Wildman–Crippen LogP) is 1.92. The molecule has 0 aliphatic heterocycles. The van der Waals surface area contributed by atoms with Crippen LogP contribution in [0.1, 0.15) is 39.2 Å². The zero-order valence-corrected chi connectivity index (χ0v) is 15.4. The van der Waals surface area contributed by atoms with Crippen LogP contribution in [0.25, 0.3) is 0 Å². The van der Waals surface area contributed by atoms with Gasteiger partial charge in [0.05, 0.1) is 12.3 Å². The van der Waals surface area contributed by atoms with Gasteiger partial charge in [-0.2, -0.15) is 13.7 Å². The van der Waals surface area contributed by atoms with Gasteiger partial charge >= 0.3 is 5.97 Å². The molecule has 0 spiro atoms. The second-order valence-corrected chi connectivity index (χ2v) is 7.01. The number of nitriles is 1. The van der Waals surface area contributed by atoms with E-state index in [4.69, 9.17) is 14.6 Å². The molecule has 1 aromatic rings. The van der Waals surface area contributed by atoms with Gasteiger partial charge in [0.25, 0.3) is 10.2 Å². The fourth-order valence-corrected chi connectivity index (χ4v) is 2.67. The van der Waals surface area contributed by atoms with Crippen molar-refractivity contribution in [2.75, 3.05) is 17.9 Å². The molecule has 0 bridgehead atoms. The van der Waals surface area contributed by atoms with Gasteiger partial charge in [0.15, 0.2) is 0 Å². The monoisotopic (exact) mass is 369 g/mol. The maximum atomic E-state index is 11.2. The Morgan fingerprint density at radius 1 is 1.32 bits per heavy atom. The van der Waals surface area contributed by atoms with Gasteiger partial charge in [-0.15, -0.1) is 0 Å². The average molecular weight is 369 g/mol. The Morgan fingerprint density at radius 3 is 2.44 bits per heavy atom. The lowest BCUT2D eigenvalue weighted by atomic mass is 9.84. The Balaban J connectivity index is 3.03. The largest absolute Gasteiger partial charge is 0.491 e. The molecule has 138 valence electrons. The third-order valence-electron chi connectivity index (χ3n) is 4.01. The Kier molecular flexibility index (Phi) is 7.21. The summed E-state index contributed by atoms with van der Waals surface area (Å²) in [5.41, 5.74) is -0.326. The number of carbonyl (C=O) groups excluding carboxylic acids is 1. The molecule has 0 radical (unpaired) electrons. The molecule has 1 rings (SSSR count). The highest BCUT2D eigenvalue weighted by atomic mass is 32.2. The first-order chi connectivity index (χ1) is 11.7. The highest BCUT2D eigenvalue weighted by Crippen LogP contribution is 2.31. The van der Waals surface area contributed by atoms with Crippen LogP contribution < -0.4 is 14.6 Å². The Bertz CT molecular complexity index is 752. The van der Waals surface area contributed by atoms with Gasteiger partial charge in [0, 0.05) is 12.3 Å². The van der Waals surface area contributed by atoms with Crippen molar-refractivity contribution in [3.8, 4) is 11.8 Å². The van der Waals surface area contributed by atoms with Crippen LogP contribution in [-0.4, -0.2) is 27.6 Å². The van der Waals surface area contributed by atoms with Gasteiger partial charge < -0.3 is 9.47 Å². The third-order valence-corrected chi connectivity index (χ3v) is 4.51. The van der Waals surface area contributed by atoms with E-state index in [0.29, 0.717) is 12.8 Å². The zero-order valence-electron chi connectivity index (χ0n) is 14.5. The summed E-state index contributed by atoms with van der Waals surface area (Å²) in [6.07, 6.45) is 1.40. The van der Waals surface area contributed by atoms with Gasteiger partial charge in [-0.1, -0.05) is 19.9 Å². The van der Waals surface area contributed by atoms with Crippen molar-refractivity contribution in [3.05, 3.63) is 23.8 Å². The standard InChI is InChI=1S/C16H23N3O5S/c1-4-16(5-2,10-23-12(3)20)11-24-15-8-6-7-14(13(15)9-17)19-25(18,21)22/h6-8,19H,4-5,10-11H2,1-3H3,(H2,18,21,22). The Hall–Kier alpha value is -2.31. The van der Waals surface area contributed by atoms with E-state index >= 15 is 0 Å². The number of esters is 1. The quantitative estimate of drug-likeness (QED) is 0.639. The average Bonchev–Trinajstić information content (AvgIpc) is 2.54. The van der Waals surface area contributed by atoms with Crippen LogP contribution in [-0.2, 0) is 19.7 Å². The summed E-state index contributed by atoms with van der Waals surface area (Å²) in [4.78, 5) is 11.1. The van der Waals surface area contributed by atoms with Crippen LogP contribution in [0.15, 0.2) is 18.2 Å². The molecule has 0 aliphatic carbocycles. The molecule has 0 aliphatic rings.